The van der Waals surface area contributed by atoms with Gasteiger partial charge in [0.1, 0.15) is 16.8 Å². The van der Waals surface area contributed by atoms with Crippen LogP contribution in [0.15, 0.2) is 24.3 Å². The third kappa shape index (κ3) is 5.03. The fraction of sp³-hybridized carbons (Fsp3) is 0.474. The second-order valence-electron chi connectivity index (χ2n) is 6.70. The molecule has 1 aromatic heterocycles. The number of anilines is 1. The minimum Gasteiger partial charge on any atom is -0.497 e. The lowest BCUT2D eigenvalue weighted by Crippen LogP contribution is -2.44. The molecule has 1 aliphatic carbocycles. The van der Waals surface area contributed by atoms with E-state index in [2.05, 4.69) is 20.8 Å². The summed E-state index contributed by atoms with van der Waals surface area (Å²) < 4.78 is 5.14. The van der Waals surface area contributed by atoms with E-state index < -0.39 is 6.04 Å². The average molecular weight is 388 g/mol. The Labute approximate surface area is 162 Å². The van der Waals surface area contributed by atoms with Gasteiger partial charge in [0.05, 0.1) is 7.11 Å². The lowest BCUT2D eigenvalue weighted by Gasteiger charge is -2.22. The molecule has 1 atom stereocenters. The molecule has 7 nitrogen and oxygen atoms in total. The number of methoxy groups -OCH3 is 1. The number of nitrogens with one attached hydrogen (secondary N) is 2. The zero-order chi connectivity index (χ0) is 19.2. The predicted molar refractivity (Wildman–Crippen MR) is 105 cm³/mol. The van der Waals surface area contributed by atoms with E-state index >= 15 is 0 Å². The molecule has 0 unspecified atom stereocenters. The first kappa shape index (κ1) is 19.3. The van der Waals surface area contributed by atoms with E-state index in [0.29, 0.717) is 10.1 Å². The molecule has 3 rings (SSSR count). The van der Waals surface area contributed by atoms with E-state index in [1.54, 1.807) is 14.0 Å². The van der Waals surface area contributed by atoms with E-state index in [1.807, 2.05) is 24.3 Å². The highest BCUT2D eigenvalue weighted by Crippen LogP contribution is 2.28. The van der Waals surface area contributed by atoms with Crippen molar-refractivity contribution in [3.63, 3.8) is 0 Å². The number of carbonyl (C=O) groups is 2. The molecule has 8 heteroatoms. The molecule has 1 aliphatic rings. The number of nitrogens with zero attached hydrogens (tertiary/aromatic N) is 2. The third-order valence-electron chi connectivity index (χ3n) is 4.72. The number of rotatable bonds is 6. The maximum atomic E-state index is 12.4. The number of carbonyl (C=O) groups excluding carboxylic acids is 2. The maximum absolute atomic E-state index is 12.4. The number of ether oxygens (including phenoxy) is 1. The Balaban J connectivity index is 1.55. The van der Waals surface area contributed by atoms with Crippen LogP contribution in [0.1, 0.15) is 39.0 Å². The molecule has 0 spiro atoms. The smallest absolute Gasteiger partial charge is 0.248 e. The van der Waals surface area contributed by atoms with E-state index in [1.165, 1.54) is 17.8 Å². The van der Waals surface area contributed by atoms with Crippen LogP contribution >= 0.6 is 11.3 Å². The van der Waals surface area contributed by atoms with Gasteiger partial charge in [0.2, 0.25) is 16.9 Å². The number of amides is 2. The second-order valence-corrected chi connectivity index (χ2v) is 7.67. The highest BCUT2D eigenvalue weighted by molar-refractivity contribution is 7.18. The van der Waals surface area contributed by atoms with Crippen LogP contribution in [0.3, 0.4) is 0 Å². The van der Waals surface area contributed by atoms with E-state index in [0.717, 1.165) is 37.0 Å². The summed E-state index contributed by atoms with van der Waals surface area (Å²) in [5.74, 6) is 0.460. The van der Waals surface area contributed by atoms with Crippen molar-refractivity contribution in [2.24, 2.45) is 5.92 Å². The molecule has 2 N–H and O–H groups in total. The van der Waals surface area contributed by atoms with Crippen LogP contribution in [0.2, 0.25) is 0 Å². The molecule has 0 radical (unpaired) electrons. The van der Waals surface area contributed by atoms with Crippen LogP contribution in [0.4, 0.5) is 5.13 Å². The van der Waals surface area contributed by atoms with Gasteiger partial charge >= 0.3 is 0 Å². The Bertz CT molecular complexity index is 785. The summed E-state index contributed by atoms with van der Waals surface area (Å²) in [6.07, 6.45) is 5.16. The van der Waals surface area contributed by atoms with Crippen molar-refractivity contribution in [3.8, 4) is 16.3 Å². The minimum absolute atomic E-state index is 0.0252. The fourth-order valence-corrected chi connectivity index (χ4v) is 3.85. The average Bonchev–Trinajstić information content (AvgIpc) is 3.17. The quantitative estimate of drug-likeness (QED) is 0.792. The fourth-order valence-electron chi connectivity index (χ4n) is 3.10. The van der Waals surface area contributed by atoms with E-state index in [9.17, 15) is 9.59 Å². The summed E-state index contributed by atoms with van der Waals surface area (Å²) in [5, 5.41) is 14.8. The van der Waals surface area contributed by atoms with Gasteiger partial charge in [0.25, 0.3) is 0 Å². The van der Waals surface area contributed by atoms with Crippen molar-refractivity contribution in [2.75, 3.05) is 12.4 Å². The standard InChI is InChI=1S/C19H24N4O3S/c1-12(20-17(25)13-6-4-3-5-7-13)16(24)21-19-23-22-18(27-19)14-8-10-15(26-2)11-9-14/h8-13H,3-7H2,1-2H3,(H,20,25)(H,21,23,24)/t12-/m0/s1. The van der Waals surface area contributed by atoms with Crippen molar-refractivity contribution in [2.45, 2.75) is 45.1 Å². The van der Waals surface area contributed by atoms with Gasteiger partial charge in [-0.2, -0.15) is 0 Å². The maximum Gasteiger partial charge on any atom is 0.248 e. The van der Waals surface area contributed by atoms with Crippen LogP contribution in [0.25, 0.3) is 10.6 Å². The van der Waals surface area contributed by atoms with Crippen molar-refractivity contribution >= 4 is 28.3 Å². The van der Waals surface area contributed by atoms with Gasteiger partial charge in [-0.3, -0.25) is 14.9 Å². The van der Waals surface area contributed by atoms with Gasteiger partial charge in [0, 0.05) is 11.5 Å². The Morgan fingerprint density at radius 1 is 1.15 bits per heavy atom. The molecule has 0 aliphatic heterocycles. The SMILES string of the molecule is COc1ccc(-c2nnc(NC(=O)[C@H](C)NC(=O)C3CCCCC3)s2)cc1. The summed E-state index contributed by atoms with van der Waals surface area (Å²) in [6.45, 7) is 1.68. The summed E-state index contributed by atoms with van der Waals surface area (Å²) in [5.41, 5.74) is 0.896. The highest BCUT2D eigenvalue weighted by atomic mass is 32.1. The summed E-state index contributed by atoms with van der Waals surface area (Å²) in [6, 6.07) is 6.85. The van der Waals surface area contributed by atoms with Crippen LogP contribution in [0.5, 0.6) is 5.75 Å². The van der Waals surface area contributed by atoms with Crippen LogP contribution in [-0.4, -0.2) is 35.2 Å². The zero-order valence-electron chi connectivity index (χ0n) is 15.5. The monoisotopic (exact) mass is 388 g/mol. The first-order valence-electron chi connectivity index (χ1n) is 9.16. The summed E-state index contributed by atoms with van der Waals surface area (Å²) in [4.78, 5) is 24.6. The van der Waals surface area contributed by atoms with Crippen molar-refractivity contribution in [1.29, 1.82) is 0 Å². The Morgan fingerprint density at radius 3 is 2.52 bits per heavy atom. The van der Waals surface area contributed by atoms with Crippen molar-refractivity contribution < 1.29 is 14.3 Å². The molecule has 144 valence electrons. The second kappa shape index (κ2) is 8.94. The lowest BCUT2D eigenvalue weighted by molar-refractivity contribution is -0.129. The third-order valence-corrected chi connectivity index (χ3v) is 5.61. The summed E-state index contributed by atoms with van der Waals surface area (Å²) in [7, 11) is 1.61. The van der Waals surface area contributed by atoms with Crippen LogP contribution in [-0.2, 0) is 9.59 Å². The number of hydrogen-bond acceptors (Lipinski definition) is 6. The number of benzene rings is 1. The van der Waals surface area contributed by atoms with Crippen LogP contribution < -0.4 is 15.4 Å². The minimum atomic E-state index is -0.618. The largest absolute Gasteiger partial charge is 0.497 e. The molecular formula is C19H24N4O3S. The van der Waals surface area contributed by atoms with Gasteiger partial charge in [-0.1, -0.05) is 30.6 Å². The molecule has 1 heterocycles. The molecule has 0 bridgehead atoms. The van der Waals surface area contributed by atoms with Gasteiger partial charge in [-0.15, -0.1) is 10.2 Å². The van der Waals surface area contributed by atoms with E-state index in [-0.39, 0.29) is 17.7 Å². The highest BCUT2D eigenvalue weighted by Gasteiger charge is 2.24. The topological polar surface area (TPSA) is 93.2 Å². The zero-order valence-corrected chi connectivity index (χ0v) is 16.3. The van der Waals surface area contributed by atoms with Gasteiger partial charge in [0.15, 0.2) is 0 Å². The Hall–Kier alpha value is -2.48. The predicted octanol–water partition coefficient (Wildman–Crippen LogP) is 3.24. The van der Waals surface area contributed by atoms with Gasteiger partial charge in [-0.25, -0.2) is 0 Å². The normalized spacial score (nSPS) is 15.8. The molecule has 27 heavy (non-hydrogen) atoms. The molecule has 2 amide bonds. The summed E-state index contributed by atoms with van der Waals surface area (Å²) >= 11 is 1.28. The van der Waals surface area contributed by atoms with Crippen molar-refractivity contribution in [1.82, 2.24) is 15.5 Å². The molecule has 0 saturated heterocycles. The Morgan fingerprint density at radius 2 is 1.85 bits per heavy atom. The van der Waals surface area contributed by atoms with Gasteiger partial charge < -0.3 is 10.1 Å². The molecule has 1 saturated carbocycles. The Kier molecular flexibility index (Phi) is 6.39. The lowest BCUT2D eigenvalue weighted by atomic mass is 9.88. The first-order valence-corrected chi connectivity index (χ1v) is 9.97. The first-order chi connectivity index (χ1) is 13.1. The number of aromatic nitrogens is 2. The number of hydrogen-bond donors (Lipinski definition) is 2. The van der Waals surface area contributed by atoms with Gasteiger partial charge in [-0.05, 0) is 44.0 Å². The van der Waals surface area contributed by atoms with E-state index in [4.69, 9.17) is 4.74 Å². The molecule has 2 aromatic rings. The molecule has 1 aromatic carbocycles. The van der Waals surface area contributed by atoms with Crippen molar-refractivity contribution in [3.05, 3.63) is 24.3 Å². The molecular weight excluding hydrogens is 364 g/mol. The molecule has 1 fully saturated rings. The van der Waals surface area contributed by atoms with Crippen LogP contribution in [0, 0.1) is 5.92 Å².